The predicted molar refractivity (Wildman–Crippen MR) is 63.1 cm³/mol. The summed E-state index contributed by atoms with van der Waals surface area (Å²) in [5.74, 6) is -0.943. The van der Waals surface area contributed by atoms with Gasteiger partial charge < -0.3 is 5.11 Å². The van der Waals surface area contributed by atoms with Crippen LogP contribution in [0.1, 0.15) is 10.5 Å². The first kappa shape index (κ1) is 11.3. The number of fused-ring (bicyclic) bond motifs is 1. The maximum absolute atomic E-state index is 12.8. The second-order valence-corrected chi connectivity index (χ2v) is 3.80. The zero-order chi connectivity index (χ0) is 13.4. The van der Waals surface area contributed by atoms with Crippen molar-refractivity contribution >= 4 is 11.7 Å². The molecule has 0 spiro atoms. The Morgan fingerprint density at radius 1 is 1.16 bits per heavy atom. The Morgan fingerprint density at radius 2 is 1.89 bits per heavy atom. The Hall–Kier alpha value is -2.83. The van der Waals surface area contributed by atoms with E-state index in [2.05, 4.69) is 15.1 Å². The molecule has 0 aliphatic rings. The van der Waals surface area contributed by atoms with Gasteiger partial charge in [0.05, 0.1) is 0 Å². The first-order valence-corrected chi connectivity index (χ1v) is 5.36. The van der Waals surface area contributed by atoms with E-state index in [1.807, 2.05) is 0 Å². The predicted octanol–water partition coefficient (Wildman–Crippen LogP) is 1.63. The number of aromatic carboxylic acids is 1. The molecule has 0 amide bonds. The SMILES string of the molecule is O=C(O)c1ccn2nc(-c3ccc(F)cc3)nc2n1. The molecule has 3 rings (SSSR count). The summed E-state index contributed by atoms with van der Waals surface area (Å²) in [6.07, 6.45) is 1.46. The first-order chi connectivity index (χ1) is 9.13. The van der Waals surface area contributed by atoms with Crippen molar-refractivity contribution in [3.05, 3.63) is 48.0 Å². The van der Waals surface area contributed by atoms with Crippen molar-refractivity contribution in [1.29, 1.82) is 0 Å². The van der Waals surface area contributed by atoms with Gasteiger partial charge in [-0.1, -0.05) is 0 Å². The van der Waals surface area contributed by atoms with Crippen LogP contribution in [-0.2, 0) is 0 Å². The monoisotopic (exact) mass is 258 g/mol. The van der Waals surface area contributed by atoms with E-state index < -0.39 is 5.97 Å². The molecule has 19 heavy (non-hydrogen) atoms. The fourth-order valence-corrected chi connectivity index (χ4v) is 1.62. The van der Waals surface area contributed by atoms with Crippen LogP contribution < -0.4 is 0 Å². The van der Waals surface area contributed by atoms with Gasteiger partial charge in [0.25, 0.3) is 5.78 Å². The molecule has 1 N–H and O–H groups in total. The maximum Gasteiger partial charge on any atom is 0.354 e. The number of aromatic nitrogens is 4. The van der Waals surface area contributed by atoms with Crippen molar-refractivity contribution in [2.45, 2.75) is 0 Å². The largest absolute Gasteiger partial charge is 0.477 e. The summed E-state index contributed by atoms with van der Waals surface area (Å²) in [7, 11) is 0. The summed E-state index contributed by atoms with van der Waals surface area (Å²) in [5, 5.41) is 13.0. The highest BCUT2D eigenvalue weighted by molar-refractivity contribution is 5.85. The number of hydrogen-bond donors (Lipinski definition) is 1. The van der Waals surface area contributed by atoms with Gasteiger partial charge in [-0.05, 0) is 30.3 Å². The fraction of sp³-hybridized carbons (Fsp3) is 0. The Morgan fingerprint density at radius 3 is 2.58 bits per heavy atom. The molecule has 0 radical (unpaired) electrons. The zero-order valence-corrected chi connectivity index (χ0v) is 9.49. The van der Waals surface area contributed by atoms with Gasteiger partial charge in [0, 0.05) is 11.8 Å². The molecule has 0 saturated heterocycles. The molecule has 0 atom stereocenters. The third kappa shape index (κ3) is 2.01. The lowest BCUT2D eigenvalue weighted by Gasteiger charge is -1.93. The zero-order valence-electron chi connectivity index (χ0n) is 9.49. The molecule has 0 aliphatic carbocycles. The van der Waals surface area contributed by atoms with Crippen LogP contribution in [0, 0.1) is 5.82 Å². The van der Waals surface area contributed by atoms with E-state index in [0.717, 1.165) is 0 Å². The Kier molecular flexibility index (Phi) is 2.45. The van der Waals surface area contributed by atoms with E-state index in [1.165, 1.54) is 28.9 Å². The Bertz CT molecular complexity index is 767. The average molecular weight is 258 g/mol. The van der Waals surface area contributed by atoms with Gasteiger partial charge >= 0.3 is 5.97 Å². The lowest BCUT2D eigenvalue weighted by atomic mass is 10.2. The Balaban J connectivity index is 2.11. The van der Waals surface area contributed by atoms with E-state index in [1.54, 1.807) is 12.1 Å². The van der Waals surface area contributed by atoms with Crippen LogP contribution >= 0.6 is 0 Å². The smallest absolute Gasteiger partial charge is 0.354 e. The second-order valence-electron chi connectivity index (χ2n) is 3.80. The van der Waals surface area contributed by atoms with Crippen LogP contribution in [0.25, 0.3) is 17.2 Å². The van der Waals surface area contributed by atoms with Gasteiger partial charge in [-0.15, -0.1) is 5.10 Å². The van der Waals surface area contributed by atoms with E-state index in [9.17, 15) is 9.18 Å². The van der Waals surface area contributed by atoms with E-state index in [4.69, 9.17) is 5.11 Å². The number of hydrogen-bond acceptors (Lipinski definition) is 4. The van der Waals surface area contributed by atoms with Crippen LogP contribution in [0.5, 0.6) is 0 Å². The van der Waals surface area contributed by atoms with Crippen LogP contribution in [0.15, 0.2) is 36.5 Å². The van der Waals surface area contributed by atoms with Crippen molar-refractivity contribution in [1.82, 2.24) is 19.6 Å². The molecule has 6 nitrogen and oxygen atoms in total. The molecule has 2 heterocycles. The number of nitrogens with zero attached hydrogens (tertiary/aromatic N) is 4. The first-order valence-electron chi connectivity index (χ1n) is 5.36. The van der Waals surface area contributed by atoms with E-state index in [0.29, 0.717) is 11.4 Å². The summed E-state index contributed by atoms with van der Waals surface area (Å²) in [6.45, 7) is 0. The molecular weight excluding hydrogens is 251 g/mol. The summed E-state index contributed by atoms with van der Waals surface area (Å²) in [4.78, 5) is 18.8. The highest BCUT2D eigenvalue weighted by atomic mass is 19.1. The maximum atomic E-state index is 12.8. The van der Waals surface area contributed by atoms with Crippen molar-refractivity contribution in [3.63, 3.8) is 0 Å². The number of rotatable bonds is 2. The van der Waals surface area contributed by atoms with Crippen molar-refractivity contribution in [2.24, 2.45) is 0 Å². The van der Waals surface area contributed by atoms with Crippen LogP contribution in [0.3, 0.4) is 0 Å². The number of carboxylic acids is 1. The van der Waals surface area contributed by atoms with Crippen LogP contribution in [0.4, 0.5) is 4.39 Å². The molecule has 2 aromatic heterocycles. The van der Waals surface area contributed by atoms with Crippen LogP contribution in [-0.4, -0.2) is 30.7 Å². The molecule has 1 aromatic carbocycles. The molecule has 0 unspecified atom stereocenters. The molecule has 0 bridgehead atoms. The fourth-order valence-electron chi connectivity index (χ4n) is 1.62. The third-order valence-corrected chi connectivity index (χ3v) is 2.53. The average Bonchev–Trinajstić information content (AvgIpc) is 2.82. The lowest BCUT2D eigenvalue weighted by molar-refractivity contribution is 0.0690. The summed E-state index contributed by atoms with van der Waals surface area (Å²) < 4.78 is 14.2. The molecule has 94 valence electrons. The molecule has 0 aliphatic heterocycles. The normalized spacial score (nSPS) is 10.8. The van der Waals surface area contributed by atoms with Crippen LogP contribution in [0.2, 0.25) is 0 Å². The summed E-state index contributed by atoms with van der Waals surface area (Å²) >= 11 is 0. The molecule has 0 saturated carbocycles. The van der Waals surface area contributed by atoms with Crippen molar-refractivity contribution in [3.8, 4) is 11.4 Å². The minimum Gasteiger partial charge on any atom is -0.477 e. The quantitative estimate of drug-likeness (QED) is 0.755. The van der Waals surface area contributed by atoms with Gasteiger partial charge in [0.2, 0.25) is 0 Å². The van der Waals surface area contributed by atoms with E-state index in [-0.39, 0.29) is 17.3 Å². The standard InChI is InChI=1S/C12H7FN4O2/c13-8-3-1-7(2-4-8)10-15-12-14-9(11(18)19)5-6-17(12)16-10/h1-6H,(H,18,19). The highest BCUT2D eigenvalue weighted by Gasteiger charge is 2.10. The summed E-state index contributed by atoms with van der Waals surface area (Å²) in [6, 6.07) is 7.02. The Labute approximate surface area is 106 Å². The third-order valence-electron chi connectivity index (χ3n) is 2.53. The van der Waals surface area contributed by atoms with Gasteiger partial charge in [-0.2, -0.15) is 4.98 Å². The van der Waals surface area contributed by atoms with Gasteiger partial charge in [-0.3, -0.25) is 0 Å². The molecule has 7 heteroatoms. The number of carbonyl (C=O) groups is 1. The number of halogens is 1. The highest BCUT2D eigenvalue weighted by Crippen LogP contribution is 2.16. The van der Waals surface area contributed by atoms with Gasteiger partial charge in [0.15, 0.2) is 11.5 Å². The molecule has 0 fully saturated rings. The van der Waals surface area contributed by atoms with Gasteiger partial charge in [-0.25, -0.2) is 18.7 Å². The lowest BCUT2D eigenvalue weighted by Crippen LogP contribution is -2.02. The minimum atomic E-state index is -1.13. The second kappa shape index (κ2) is 4.13. The molecule has 3 aromatic rings. The number of benzene rings is 1. The van der Waals surface area contributed by atoms with Crippen molar-refractivity contribution < 1.29 is 14.3 Å². The minimum absolute atomic E-state index is 0.106. The van der Waals surface area contributed by atoms with E-state index >= 15 is 0 Å². The van der Waals surface area contributed by atoms with Gasteiger partial charge in [0.1, 0.15) is 5.82 Å². The van der Waals surface area contributed by atoms with Crippen molar-refractivity contribution in [2.75, 3.05) is 0 Å². The topological polar surface area (TPSA) is 80.4 Å². The summed E-state index contributed by atoms with van der Waals surface area (Å²) in [5.41, 5.74) is 0.523. The molecular formula is C12H7FN4O2. The number of carboxylic acid groups (broad SMARTS) is 1.